The standard InChI is InChI=1S/C26H21NO2/c1-14-7-10-16(11-8-14)27-25(28)23-21-17-5-3-4-6-18(17)22(24(23)26(27)29)20-13-15(2)9-12-19(20)21/h3-13,21-24H,1-2H3/t21-,22-,23-,24-/m1/s1. The number of rotatable bonds is 1. The number of carbonyl (C=O) groups excluding carboxylic acids is 2. The maximum atomic E-state index is 13.6. The van der Waals surface area contributed by atoms with E-state index < -0.39 is 0 Å². The van der Waals surface area contributed by atoms with Crippen LogP contribution in [0.15, 0.2) is 66.7 Å². The summed E-state index contributed by atoms with van der Waals surface area (Å²) in [7, 11) is 0. The molecule has 29 heavy (non-hydrogen) atoms. The van der Waals surface area contributed by atoms with E-state index in [9.17, 15) is 9.59 Å². The van der Waals surface area contributed by atoms with Crippen molar-refractivity contribution in [3.63, 3.8) is 0 Å². The molecule has 3 aromatic rings. The summed E-state index contributed by atoms with van der Waals surface area (Å²) in [5, 5.41) is 0. The van der Waals surface area contributed by atoms with Gasteiger partial charge in [-0.1, -0.05) is 65.7 Å². The molecule has 3 nitrogen and oxygen atoms in total. The van der Waals surface area contributed by atoms with E-state index in [1.165, 1.54) is 32.7 Å². The van der Waals surface area contributed by atoms with Gasteiger partial charge in [0.15, 0.2) is 0 Å². The largest absolute Gasteiger partial charge is 0.274 e. The van der Waals surface area contributed by atoms with Crippen molar-refractivity contribution >= 4 is 17.5 Å². The molecule has 3 aliphatic carbocycles. The molecule has 1 fully saturated rings. The van der Waals surface area contributed by atoms with E-state index in [2.05, 4.69) is 37.3 Å². The Morgan fingerprint density at radius 1 is 0.621 bits per heavy atom. The van der Waals surface area contributed by atoms with Crippen molar-refractivity contribution in [2.24, 2.45) is 11.8 Å². The average molecular weight is 379 g/mol. The molecule has 3 aromatic carbocycles. The van der Waals surface area contributed by atoms with Crippen LogP contribution in [-0.4, -0.2) is 11.8 Å². The minimum absolute atomic E-state index is 0.0521. The van der Waals surface area contributed by atoms with Crippen LogP contribution in [0.1, 0.15) is 45.2 Å². The summed E-state index contributed by atoms with van der Waals surface area (Å²) in [5.74, 6) is -0.858. The van der Waals surface area contributed by atoms with Crippen LogP contribution in [0.3, 0.4) is 0 Å². The molecule has 1 saturated heterocycles. The lowest BCUT2D eigenvalue weighted by molar-refractivity contribution is -0.122. The molecular weight excluding hydrogens is 358 g/mol. The molecule has 0 N–H and O–H groups in total. The highest BCUT2D eigenvalue weighted by Gasteiger charge is 2.61. The van der Waals surface area contributed by atoms with Gasteiger partial charge in [0.25, 0.3) is 0 Å². The first-order valence-corrected chi connectivity index (χ1v) is 10.2. The van der Waals surface area contributed by atoms with E-state index in [1.807, 2.05) is 43.3 Å². The molecule has 1 aliphatic heterocycles. The van der Waals surface area contributed by atoms with Gasteiger partial charge in [0, 0.05) is 11.8 Å². The maximum absolute atomic E-state index is 13.6. The van der Waals surface area contributed by atoms with Crippen LogP contribution in [0.4, 0.5) is 5.69 Å². The fraction of sp³-hybridized carbons (Fsp3) is 0.231. The summed E-state index contributed by atoms with van der Waals surface area (Å²) in [4.78, 5) is 28.7. The van der Waals surface area contributed by atoms with E-state index in [-0.39, 0.29) is 35.5 Å². The van der Waals surface area contributed by atoms with Crippen LogP contribution in [0.5, 0.6) is 0 Å². The van der Waals surface area contributed by atoms with Crippen LogP contribution >= 0.6 is 0 Å². The SMILES string of the molecule is Cc1ccc(N2C(=O)[C@@H]3[C@@H]4c5ccccc5[C@H](c5cc(C)ccc54)[C@H]3C2=O)cc1. The minimum Gasteiger partial charge on any atom is -0.274 e. The van der Waals surface area contributed by atoms with Gasteiger partial charge in [0.2, 0.25) is 11.8 Å². The topological polar surface area (TPSA) is 37.4 Å². The number of amides is 2. The minimum atomic E-state index is -0.321. The molecule has 142 valence electrons. The van der Waals surface area contributed by atoms with Gasteiger partial charge in [-0.15, -0.1) is 0 Å². The number of hydrogen-bond donors (Lipinski definition) is 0. The average Bonchev–Trinajstić information content (AvgIpc) is 2.99. The predicted molar refractivity (Wildman–Crippen MR) is 112 cm³/mol. The third-order valence-corrected chi connectivity index (χ3v) is 6.99. The number of anilines is 1. The molecule has 2 amide bonds. The van der Waals surface area contributed by atoms with Crippen molar-refractivity contribution in [1.82, 2.24) is 0 Å². The zero-order valence-corrected chi connectivity index (χ0v) is 16.4. The van der Waals surface area contributed by atoms with E-state index in [1.54, 1.807) is 0 Å². The number of nitrogens with zero attached hydrogens (tertiary/aromatic N) is 1. The summed E-state index contributed by atoms with van der Waals surface area (Å²) < 4.78 is 0. The molecule has 4 atom stereocenters. The van der Waals surface area contributed by atoms with E-state index in [4.69, 9.17) is 0 Å². The maximum Gasteiger partial charge on any atom is 0.238 e. The van der Waals surface area contributed by atoms with Crippen molar-refractivity contribution in [2.75, 3.05) is 4.90 Å². The van der Waals surface area contributed by atoms with Gasteiger partial charge in [-0.3, -0.25) is 9.59 Å². The fourth-order valence-electron chi connectivity index (χ4n) is 5.80. The summed E-state index contributed by atoms with van der Waals surface area (Å²) in [5.41, 5.74) is 7.85. The van der Waals surface area contributed by atoms with Gasteiger partial charge in [-0.25, -0.2) is 4.90 Å². The van der Waals surface area contributed by atoms with Crippen LogP contribution < -0.4 is 4.90 Å². The van der Waals surface area contributed by atoms with Gasteiger partial charge >= 0.3 is 0 Å². The summed E-state index contributed by atoms with van der Waals surface area (Å²) in [6.07, 6.45) is 0. The highest BCUT2D eigenvalue weighted by atomic mass is 16.2. The molecule has 1 heterocycles. The Hall–Kier alpha value is -3.20. The second-order valence-electron chi connectivity index (χ2n) is 8.62. The first-order valence-electron chi connectivity index (χ1n) is 10.2. The van der Waals surface area contributed by atoms with Crippen LogP contribution in [0, 0.1) is 25.7 Å². The zero-order valence-electron chi connectivity index (χ0n) is 16.4. The first-order chi connectivity index (χ1) is 14.1. The van der Waals surface area contributed by atoms with Gasteiger partial charge in [-0.2, -0.15) is 0 Å². The van der Waals surface area contributed by atoms with E-state index in [0.29, 0.717) is 5.69 Å². The lowest BCUT2D eigenvalue weighted by Gasteiger charge is -2.46. The molecular formula is C26H21NO2. The van der Waals surface area contributed by atoms with Crippen LogP contribution in [-0.2, 0) is 9.59 Å². The van der Waals surface area contributed by atoms with Gasteiger partial charge in [-0.05, 0) is 48.2 Å². The van der Waals surface area contributed by atoms with Gasteiger partial charge in [0.1, 0.15) is 0 Å². The Morgan fingerprint density at radius 2 is 1.14 bits per heavy atom. The second kappa shape index (κ2) is 5.66. The molecule has 0 spiro atoms. The van der Waals surface area contributed by atoms with Crippen molar-refractivity contribution in [3.05, 3.63) is 100 Å². The third kappa shape index (κ3) is 2.08. The van der Waals surface area contributed by atoms with Crippen LogP contribution in [0.25, 0.3) is 0 Å². The van der Waals surface area contributed by atoms with Gasteiger partial charge < -0.3 is 0 Å². The predicted octanol–water partition coefficient (Wildman–Crippen LogP) is 4.70. The first kappa shape index (κ1) is 16.7. The quantitative estimate of drug-likeness (QED) is 0.575. The van der Waals surface area contributed by atoms with Crippen LogP contribution in [0.2, 0.25) is 0 Å². The summed E-state index contributed by atoms with van der Waals surface area (Å²) in [6, 6.07) is 22.5. The molecule has 0 radical (unpaired) electrons. The Labute approximate surface area is 170 Å². The van der Waals surface area contributed by atoms with Crippen molar-refractivity contribution in [2.45, 2.75) is 25.7 Å². The number of aryl methyl sites for hydroxylation is 2. The Bertz CT molecular complexity index is 1190. The van der Waals surface area contributed by atoms with Crippen molar-refractivity contribution in [1.29, 1.82) is 0 Å². The lowest BCUT2D eigenvalue weighted by atomic mass is 9.55. The van der Waals surface area contributed by atoms with E-state index in [0.717, 1.165) is 5.56 Å². The number of benzene rings is 3. The number of hydrogen-bond acceptors (Lipinski definition) is 2. The van der Waals surface area contributed by atoms with Crippen molar-refractivity contribution < 1.29 is 9.59 Å². The highest BCUT2D eigenvalue weighted by molar-refractivity contribution is 6.23. The third-order valence-electron chi connectivity index (χ3n) is 6.99. The lowest BCUT2D eigenvalue weighted by Crippen LogP contribution is -2.41. The number of imide groups is 1. The van der Waals surface area contributed by atoms with Crippen molar-refractivity contribution in [3.8, 4) is 0 Å². The Balaban J connectivity index is 1.57. The monoisotopic (exact) mass is 379 g/mol. The summed E-state index contributed by atoms with van der Waals surface area (Å²) >= 11 is 0. The summed E-state index contributed by atoms with van der Waals surface area (Å²) in [6.45, 7) is 4.10. The molecule has 4 aliphatic rings. The normalized spacial score (nSPS) is 26.3. The fourth-order valence-corrected chi connectivity index (χ4v) is 5.80. The molecule has 0 aromatic heterocycles. The van der Waals surface area contributed by atoms with E-state index >= 15 is 0 Å². The molecule has 0 unspecified atom stereocenters. The second-order valence-corrected chi connectivity index (χ2v) is 8.62. The van der Waals surface area contributed by atoms with Gasteiger partial charge in [0.05, 0.1) is 17.5 Å². The smallest absolute Gasteiger partial charge is 0.238 e. The molecule has 3 heteroatoms. The number of carbonyl (C=O) groups is 2. The highest BCUT2D eigenvalue weighted by Crippen LogP contribution is 2.61. The Kier molecular flexibility index (Phi) is 3.27. The molecule has 7 rings (SSSR count). The molecule has 0 saturated carbocycles. The zero-order chi connectivity index (χ0) is 19.9. The molecule has 2 bridgehead atoms. The Morgan fingerprint density at radius 3 is 1.76 bits per heavy atom.